The first kappa shape index (κ1) is 21.9. The fourth-order valence-corrected chi connectivity index (χ4v) is 4.27. The van der Waals surface area contributed by atoms with Crippen molar-refractivity contribution >= 4 is 28.6 Å². The van der Waals surface area contributed by atoms with Crippen LogP contribution in [0.3, 0.4) is 0 Å². The molecule has 0 fully saturated rings. The lowest BCUT2D eigenvalue weighted by atomic mass is 10.0. The number of pyridine rings is 1. The molecule has 0 radical (unpaired) electrons. The van der Waals surface area contributed by atoms with E-state index in [-0.39, 0.29) is 5.91 Å². The fourth-order valence-electron chi connectivity index (χ4n) is 4.27. The van der Waals surface area contributed by atoms with Crippen molar-refractivity contribution < 1.29 is 9.53 Å². The highest BCUT2D eigenvalue weighted by atomic mass is 16.5. The maximum atomic E-state index is 12.6. The molecule has 0 aliphatic carbocycles. The minimum Gasteiger partial charge on any atom is -0.383 e. The molecule has 0 spiro atoms. The third-order valence-corrected chi connectivity index (χ3v) is 6.21. The first-order chi connectivity index (χ1) is 16.5. The summed E-state index contributed by atoms with van der Waals surface area (Å²) in [5.74, 6) is -0.0291. The number of hydrogen-bond acceptors (Lipinski definition) is 5. The number of rotatable bonds is 7. The Balaban J connectivity index is 1.38. The van der Waals surface area contributed by atoms with Gasteiger partial charge in [0.2, 0.25) is 0 Å². The van der Waals surface area contributed by atoms with E-state index >= 15 is 0 Å². The predicted molar refractivity (Wildman–Crippen MR) is 135 cm³/mol. The highest BCUT2D eigenvalue weighted by molar-refractivity contribution is 6.02. The van der Waals surface area contributed by atoms with Crippen LogP contribution in [-0.2, 0) is 11.3 Å². The molecule has 5 rings (SSSR count). The van der Waals surface area contributed by atoms with Crippen molar-refractivity contribution in [1.29, 1.82) is 0 Å². The third-order valence-electron chi connectivity index (χ3n) is 6.21. The molecule has 3 heterocycles. The number of aliphatic imine (C=N–C) groups is 1. The Labute approximate surface area is 198 Å². The van der Waals surface area contributed by atoms with E-state index in [2.05, 4.69) is 50.9 Å². The molecule has 2 aromatic carbocycles. The number of carbonyl (C=O) groups is 1. The second kappa shape index (κ2) is 9.11. The molecule has 7 nitrogen and oxygen atoms in total. The van der Waals surface area contributed by atoms with Gasteiger partial charge in [-0.1, -0.05) is 12.1 Å². The molecule has 7 heteroatoms. The number of anilines is 2. The molecule has 2 aromatic heterocycles. The summed E-state index contributed by atoms with van der Waals surface area (Å²) in [5.41, 5.74) is 9.06. The summed E-state index contributed by atoms with van der Waals surface area (Å²) in [4.78, 5) is 23.3. The Kier molecular flexibility index (Phi) is 5.86. The van der Waals surface area contributed by atoms with E-state index in [0.29, 0.717) is 18.7 Å². The first-order valence-corrected chi connectivity index (χ1v) is 11.3. The van der Waals surface area contributed by atoms with E-state index in [4.69, 9.17) is 4.74 Å². The summed E-state index contributed by atoms with van der Waals surface area (Å²) in [6.45, 7) is 3.86. The average molecular weight is 454 g/mol. The van der Waals surface area contributed by atoms with Gasteiger partial charge in [0.25, 0.3) is 5.91 Å². The van der Waals surface area contributed by atoms with Gasteiger partial charge in [0.05, 0.1) is 24.5 Å². The SMILES string of the molecule is COCCN(C)C(=O)c1ccc(Nc2ccc(-c3ccc4c(c3)CN=C4C)n3ccnc23)cc1. The number of aromatic nitrogens is 2. The lowest BCUT2D eigenvalue weighted by molar-refractivity contribution is 0.0744. The van der Waals surface area contributed by atoms with Gasteiger partial charge >= 0.3 is 0 Å². The van der Waals surface area contributed by atoms with Crippen molar-refractivity contribution in [2.45, 2.75) is 13.5 Å². The van der Waals surface area contributed by atoms with E-state index < -0.39 is 0 Å². The Morgan fingerprint density at radius 2 is 1.97 bits per heavy atom. The van der Waals surface area contributed by atoms with Gasteiger partial charge in [0.1, 0.15) is 0 Å². The topological polar surface area (TPSA) is 71.2 Å². The molecule has 0 saturated heterocycles. The van der Waals surface area contributed by atoms with Gasteiger partial charge in [-0.15, -0.1) is 0 Å². The predicted octanol–water partition coefficient (Wildman–Crippen LogP) is 4.79. The molecule has 0 saturated carbocycles. The van der Waals surface area contributed by atoms with Gasteiger partial charge in [-0.3, -0.25) is 14.2 Å². The van der Waals surface area contributed by atoms with Gasteiger partial charge in [-0.2, -0.15) is 0 Å². The Morgan fingerprint density at radius 1 is 1.15 bits per heavy atom. The summed E-state index contributed by atoms with van der Waals surface area (Å²) in [7, 11) is 3.41. The number of nitrogens with one attached hydrogen (secondary N) is 1. The molecule has 1 aliphatic rings. The molecule has 1 aliphatic heterocycles. The molecular weight excluding hydrogens is 426 g/mol. The van der Waals surface area contributed by atoms with E-state index in [1.807, 2.05) is 42.7 Å². The largest absolute Gasteiger partial charge is 0.383 e. The van der Waals surface area contributed by atoms with Crippen LogP contribution in [0.15, 0.2) is 72.0 Å². The summed E-state index contributed by atoms with van der Waals surface area (Å²) in [6.07, 6.45) is 3.78. The second-order valence-corrected chi connectivity index (χ2v) is 8.45. The smallest absolute Gasteiger partial charge is 0.253 e. The van der Waals surface area contributed by atoms with Crippen molar-refractivity contribution in [3.8, 4) is 11.3 Å². The van der Waals surface area contributed by atoms with Crippen LogP contribution >= 0.6 is 0 Å². The summed E-state index contributed by atoms with van der Waals surface area (Å²) in [5, 5.41) is 3.44. The highest BCUT2D eigenvalue weighted by Gasteiger charge is 2.15. The standard InChI is InChI=1S/C27H27N5O2/c1-18-23-9-6-20(16-21(23)17-29-18)25-11-10-24(26-28-12-13-32(25)26)30-22-7-4-19(5-8-22)27(33)31(2)14-15-34-3/h4-13,16,30H,14-15,17H2,1-3H3. The summed E-state index contributed by atoms with van der Waals surface area (Å²) >= 11 is 0. The van der Waals surface area contributed by atoms with Crippen LogP contribution in [0.2, 0.25) is 0 Å². The monoisotopic (exact) mass is 453 g/mol. The number of ether oxygens (including phenoxy) is 1. The third kappa shape index (κ3) is 4.06. The Morgan fingerprint density at radius 3 is 2.76 bits per heavy atom. The van der Waals surface area contributed by atoms with E-state index in [1.165, 1.54) is 11.1 Å². The van der Waals surface area contributed by atoms with E-state index in [0.717, 1.165) is 40.5 Å². The number of hydrogen-bond donors (Lipinski definition) is 1. The summed E-state index contributed by atoms with van der Waals surface area (Å²) < 4.78 is 7.15. The van der Waals surface area contributed by atoms with Crippen molar-refractivity contribution in [1.82, 2.24) is 14.3 Å². The van der Waals surface area contributed by atoms with Gasteiger partial charge in [0, 0.05) is 55.6 Å². The van der Waals surface area contributed by atoms with Crippen LogP contribution < -0.4 is 5.32 Å². The fraction of sp³-hybridized carbons (Fsp3) is 0.222. The quantitative estimate of drug-likeness (QED) is 0.437. The molecule has 34 heavy (non-hydrogen) atoms. The van der Waals surface area contributed by atoms with Crippen LogP contribution in [0.4, 0.5) is 11.4 Å². The molecule has 1 N–H and O–H groups in total. The number of likely N-dealkylation sites (N-methyl/N-ethyl adjacent to an activating group) is 1. The second-order valence-electron chi connectivity index (χ2n) is 8.45. The van der Waals surface area contributed by atoms with E-state index in [9.17, 15) is 4.79 Å². The van der Waals surface area contributed by atoms with Gasteiger partial charge in [-0.05, 0) is 60.5 Å². The minimum absolute atomic E-state index is 0.0291. The summed E-state index contributed by atoms with van der Waals surface area (Å²) in [6, 6.07) is 18.1. The number of amides is 1. The molecule has 0 atom stereocenters. The molecule has 1 amide bonds. The van der Waals surface area contributed by atoms with Crippen LogP contribution in [0.1, 0.15) is 28.4 Å². The van der Waals surface area contributed by atoms with Crippen molar-refractivity contribution in [2.75, 3.05) is 32.6 Å². The minimum atomic E-state index is -0.0291. The number of imidazole rings is 1. The van der Waals surface area contributed by atoms with Gasteiger partial charge < -0.3 is 15.0 Å². The zero-order valence-electron chi connectivity index (χ0n) is 19.6. The molecular formula is C27H27N5O2. The van der Waals surface area contributed by atoms with Gasteiger partial charge in [0.15, 0.2) is 5.65 Å². The lowest BCUT2D eigenvalue weighted by Gasteiger charge is -2.17. The van der Waals surface area contributed by atoms with E-state index in [1.54, 1.807) is 19.1 Å². The lowest BCUT2D eigenvalue weighted by Crippen LogP contribution is -2.29. The van der Waals surface area contributed by atoms with Crippen molar-refractivity contribution in [3.63, 3.8) is 0 Å². The number of nitrogens with zero attached hydrogens (tertiary/aromatic N) is 4. The Hall–Kier alpha value is -3.97. The highest BCUT2D eigenvalue weighted by Crippen LogP contribution is 2.30. The zero-order valence-corrected chi connectivity index (χ0v) is 19.6. The average Bonchev–Trinajstić information content (AvgIpc) is 3.50. The van der Waals surface area contributed by atoms with Crippen LogP contribution in [0.5, 0.6) is 0 Å². The number of carbonyl (C=O) groups excluding carboxylic acids is 1. The van der Waals surface area contributed by atoms with Crippen LogP contribution in [-0.4, -0.2) is 53.2 Å². The Bertz CT molecular complexity index is 1390. The van der Waals surface area contributed by atoms with Crippen molar-refractivity contribution in [2.24, 2.45) is 4.99 Å². The van der Waals surface area contributed by atoms with Crippen LogP contribution in [0, 0.1) is 0 Å². The van der Waals surface area contributed by atoms with Crippen LogP contribution in [0.25, 0.3) is 16.9 Å². The molecule has 0 unspecified atom stereocenters. The molecule has 0 bridgehead atoms. The number of methoxy groups -OCH3 is 1. The zero-order chi connectivity index (χ0) is 23.7. The van der Waals surface area contributed by atoms with Crippen molar-refractivity contribution in [3.05, 3.63) is 83.7 Å². The first-order valence-electron chi connectivity index (χ1n) is 11.3. The maximum absolute atomic E-state index is 12.6. The number of fused-ring (bicyclic) bond motifs is 2. The number of benzene rings is 2. The molecule has 4 aromatic rings. The van der Waals surface area contributed by atoms with Gasteiger partial charge in [-0.25, -0.2) is 4.98 Å². The maximum Gasteiger partial charge on any atom is 0.253 e. The molecule has 172 valence electrons. The normalized spacial score (nSPS) is 12.5.